The molecular weight excluding hydrogens is 346 g/mol. The molecule has 1 saturated carbocycles. The molecule has 1 aliphatic carbocycles. The van der Waals surface area contributed by atoms with Crippen molar-refractivity contribution in [3.8, 4) is 0 Å². The van der Waals surface area contributed by atoms with E-state index in [1.165, 1.54) is 49.9 Å². The van der Waals surface area contributed by atoms with Gasteiger partial charge in [-0.1, -0.05) is 58.1 Å². The Hall–Kier alpha value is -1.84. The topological polar surface area (TPSA) is 46.9 Å². The first kappa shape index (κ1) is 20.9. The molecule has 1 N–H and O–H groups in total. The molecule has 1 heterocycles. The molecule has 4 nitrogen and oxygen atoms in total. The number of para-hydroxylation sites is 2. The minimum absolute atomic E-state index is 0.153. The lowest BCUT2D eigenvalue weighted by Crippen LogP contribution is -2.31. The number of aromatic nitrogens is 2. The molecule has 1 fully saturated rings. The van der Waals surface area contributed by atoms with Crippen LogP contribution in [0.5, 0.6) is 0 Å². The molecule has 4 heteroatoms. The number of amides is 1. The summed E-state index contributed by atoms with van der Waals surface area (Å²) in [4.78, 5) is 17.1. The Morgan fingerprint density at radius 1 is 1.18 bits per heavy atom. The fraction of sp³-hybridized carbons (Fsp3) is 0.667. The van der Waals surface area contributed by atoms with Crippen molar-refractivity contribution in [2.75, 3.05) is 6.54 Å². The van der Waals surface area contributed by atoms with Crippen LogP contribution in [0.25, 0.3) is 11.0 Å². The fourth-order valence-electron chi connectivity index (χ4n) is 4.62. The molecule has 1 aromatic heterocycles. The van der Waals surface area contributed by atoms with Crippen LogP contribution in [0.4, 0.5) is 0 Å². The van der Waals surface area contributed by atoms with E-state index in [9.17, 15) is 4.79 Å². The first-order valence-corrected chi connectivity index (χ1v) is 11.4. The third-order valence-corrected chi connectivity index (χ3v) is 6.45. The number of nitrogens with zero attached hydrogens (tertiary/aromatic N) is 2. The van der Waals surface area contributed by atoms with Gasteiger partial charge < -0.3 is 9.88 Å². The molecule has 154 valence electrons. The van der Waals surface area contributed by atoms with Gasteiger partial charge in [0.25, 0.3) is 0 Å². The van der Waals surface area contributed by atoms with Crippen molar-refractivity contribution in [1.82, 2.24) is 14.9 Å². The summed E-state index contributed by atoms with van der Waals surface area (Å²) in [5, 5.41) is 3.12. The van der Waals surface area contributed by atoms with Crippen molar-refractivity contribution in [3.63, 3.8) is 0 Å². The third-order valence-electron chi connectivity index (χ3n) is 6.45. The SMILES string of the molecule is CCC(CC)C(=O)NCCCc1nc2ccccc2n1CCC1CCCCC1. The average molecular weight is 384 g/mol. The zero-order valence-electron chi connectivity index (χ0n) is 17.8. The quantitative estimate of drug-likeness (QED) is 0.551. The van der Waals surface area contributed by atoms with Crippen LogP contribution in [0.3, 0.4) is 0 Å². The largest absolute Gasteiger partial charge is 0.356 e. The second-order valence-corrected chi connectivity index (χ2v) is 8.37. The predicted octanol–water partition coefficient (Wildman–Crippen LogP) is 5.49. The molecule has 0 saturated heterocycles. The molecule has 1 amide bonds. The van der Waals surface area contributed by atoms with Gasteiger partial charge in [0.15, 0.2) is 0 Å². The molecule has 3 rings (SSSR count). The number of aryl methyl sites for hydroxylation is 2. The van der Waals surface area contributed by atoms with Crippen molar-refractivity contribution in [1.29, 1.82) is 0 Å². The number of imidazole rings is 1. The number of fused-ring (bicyclic) bond motifs is 1. The molecule has 1 aromatic carbocycles. The van der Waals surface area contributed by atoms with E-state index in [0.29, 0.717) is 0 Å². The van der Waals surface area contributed by atoms with Crippen molar-refractivity contribution in [3.05, 3.63) is 30.1 Å². The summed E-state index contributed by atoms with van der Waals surface area (Å²) in [6, 6.07) is 8.49. The van der Waals surface area contributed by atoms with E-state index in [1.54, 1.807) is 0 Å². The van der Waals surface area contributed by atoms with Gasteiger partial charge in [-0.3, -0.25) is 4.79 Å². The van der Waals surface area contributed by atoms with E-state index < -0.39 is 0 Å². The van der Waals surface area contributed by atoms with E-state index in [1.807, 2.05) is 0 Å². The van der Waals surface area contributed by atoms with Crippen LogP contribution in [0.1, 0.15) is 77.5 Å². The third kappa shape index (κ3) is 5.36. The number of hydrogen-bond acceptors (Lipinski definition) is 2. The minimum Gasteiger partial charge on any atom is -0.356 e. The highest BCUT2D eigenvalue weighted by atomic mass is 16.1. The summed E-state index contributed by atoms with van der Waals surface area (Å²) in [6.07, 6.45) is 12.0. The van der Waals surface area contributed by atoms with Gasteiger partial charge >= 0.3 is 0 Å². The summed E-state index contributed by atoms with van der Waals surface area (Å²) in [5.74, 6) is 2.41. The van der Waals surface area contributed by atoms with Gasteiger partial charge in [-0.05, 0) is 43.7 Å². The smallest absolute Gasteiger partial charge is 0.223 e. The lowest BCUT2D eigenvalue weighted by molar-refractivity contribution is -0.125. The van der Waals surface area contributed by atoms with Crippen LogP contribution in [-0.4, -0.2) is 22.0 Å². The van der Waals surface area contributed by atoms with Crippen molar-refractivity contribution in [2.45, 2.75) is 84.6 Å². The Kier molecular flexibility index (Phi) is 7.93. The molecule has 0 bridgehead atoms. The van der Waals surface area contributed by atoms with Crippen LogP contribution in [0, 0.1) is 11.8 Å². The van der Waals surface area contributed by atoms with Crippen LogP contribution in [-0.2, 0) is 17.8 Å². The summed E-state index contributed by atoms with van der Waals surface area (Å²) in [7, 11) is 0. The molecular formula is C24H37N3O. The molecule has 2 aromatic rings. The van der Waals surface area contributed by atoms with Crippen LogP contribution in [0.2, 0.25) is 0 Å². The Morgan fingerprint density at radius 3 is 2.68 bits per heavy atom. The number of hydrogen-bond donors (Lipinski definition) is 1. The van der Waals surface area contributed by atoms with Crippen LogP contribution >= 0.6 is 0 Å². The minimum atomic E-state index is 0.153. The van der Waals surface area contributed by atoms with Gasteiger partial charge in [0.1, 0.15) is 5.82 Å². The number of carbonyl (C=O) groups is 1. The molecule has 0 unspecified atom stereocenters. The van der Waals surface area contributed by atoms with Crippen LogP contribution in [0.15, 0.2) is 24.3 Å². The standard InChI is InChI=1S/C24H37N3O/c1-3-20(4-2)24(28)25-17-10-15-23-26-21-13-8-9-14-22(21)27(23)18-16-19-11-6-5-7-12-19/h8-9,13-14,19-20H,3-7,10-12,15-18H2,1-2H3,(H,25,28). The molecule has 28 heavy (non-hydrogen) atoms. The molecule has 1 aliphatic rings. The van der Waals surface area contributed by atoms with E-state index in [-0.39, 0.29) is 11.8 Å². The monoisotopic (exact) mass is 383 g/mol. The van der Waals surface area contributed by atoms with E-state index in [4.69, 9.17) is 4.98 Å². The summed E-state index contributed by atoms with van der Waals surface area (Å²) in [5.41, 5.74) is 2.36. The highest BCUT2D eigenvalue weighted by molar-refractivity contribution is 5.78. The zero-order chi connectivity index (χ0) is 19.8. The van der Waals surface area contributed by atoms with Gasteiger partial charge in [-0.2, -0.15) is 0 Å². The van der Waals surface area contributed by atoms with Gasteiger partial charge in [0.05, 0.1) is 11.0 Å². The number of carbonyl (C=O) groups excluding carboxylic acids is 1. The second kappa shape index (κ2) is 10.6. The van der Waals surface area contributed by atoms with Crippen molar-refractivity contribution < 1.29 is 4.79 Å². The number of rotatable bonds is 10. The highest BCUT2D eigenvalue weighted by Gasteiger charge is 2.17. The summed E-state index contributed by atoms with van der Waals surface area (Å²) in [6.45, 7) is 5.98. The molecule has 0 spiro atoms. The maximum Gasteiger partial charge on any atom is 0.223 e. The van der Waals surface area contributed by atoms with Crippen LogP contribution < -0.4 is 5.32 Å². The normalized spacial score (nSPS) is 15.4. The number of nitrogens with one attached hydrogen (secondary N) is 1. The average Bonchev–Trinajstić information content (AvgIpc) is 3.08. The Bertz CT molecular complexity index is 741. The lowest BCUT2D eigenvalue weighted by Gasteiger charge is -2.22. The van der Waals surface area contributed by atoms with Crippen molar-refractivity contribution >= 4 is 16.9 Å². The van der Waals surface area contributed by atoms with E-state index >= 15 is 0 Å². The second-order valence-electron chi connectivity index (χ2n) is 8.37. The first-order valence-electron chi connectivity index (χ1n) is 11.4. The summed E-state index contributed by atoms with van der Waals surface area (Å²) >= 11 is 0. The lowest BCUT2D eigenvalue weighted by atomic mass is 9.87. The first-order chi connectivity index (χ1) is 13.7. The highest BCUT2D eigenvalue weighted by Crippen LogP contribution is 2.28. The van der Waals surface area contributed by atoms with Gasteiger partial charge in [0.2, 0.25) is 5.91 Å². The van der Waals surface area contributed by atoms with Gasteiger partial charge in [0, 0.05) is 25.4 Å². The fourth-order valence-corrected chi connectivity index (χ4v) is 4.62. The summed E-state index contributed by atoms with van der Waals surface area (Å²) < 4.78 is 2.44. The van der Waals surface area contributed by atoms with Gasteiger partial charge in [-0.15, -0.1) is 0 Å². The molecule has 0 atom stereocenters. The molecule has 0 aliphatic heterocycles. The van der Waals surface area contributed by atoms with E-state index in [2.05, 4.69) is 48.0 Å². The maximum absolute atomic E-state index is 12.2. The van der Waals surface area contributed by atoms with Crippen molar-refractivity contribution in [2.24, 2.45) is 11.8 Å². The molecule has 0 radical (unpaired) electrons. The Labute approximate surface area is 170 Å². The Morgan fingerprint density at radius 2 is 1.93 bits per heavy atom. The Balaban J connectivity index is 1.59. The maximum atomic E-state index is 12.2. The van der Waals surface area contributed by atoms with Gasteiger partial charge in [-0.25, -0.2) is 4.98 Å². The zero-order valence-corrected chi connectivity index (χ0v) is 17.8. The predicted molar refractivity (Wildman–Crippen MR) is 116 cm³/mol. The number of benzene rings is 1. The van der Waals surface area contributed by atoms with E-state index in [0.717, 1.165) is 50.2 Å².